The molecule has 5 nitrogen and oxygen atoms in total. The molecule has 7 heteroatoms. The average molecular weight is 472 g/mol. The monoisotopic (exact) mass is 472 g/mol. The van der Waals surface area contributed by atoms with E-state index in [4.69, 9.17) is 5.73 Å². The predicted octanol–water partition coefficient (Wildman–Crippen LogP) is 3.32. The summed E-state index contributed by atoms with van der Waals surface area (Å²) >= 11 is 1.77. The first-order chi connectivity index (χ1) is 11.6. The number of aliphatic imine (C=N–C) groups is 1. The van der Waals surface area contributed by atoms with Crippen LogP contribution in [0.2, 0.25) is 0 Å². The Kier molecular flexibility index (Phi) is 9.51. The molecule has 0 radical (unpaired) electrons. The smallest absolute Gasteiger partial charge is 0.248 e. The van der Waals surface area contributed by atoms with E-state index in [0.717, 1.165) is 24.6 Å². The molecule has 136 valence electrons. The van der Waals surface area contributed by atoms with Gasteiger partial charge in [0.2, 0.25) is 5.91 Å². The standard InChI is InChI=1S/C18H24N4OS.HI/c1-3-20-18(21-11-13(2)16-8-5-9-24-16)22-12-14-6-4-7-15(10-14)17(19)23;/h4-10,13H,3,11-12H2,1-2H3,(H2,19,23)(H2,20,21,22);1H. The Morgan fingerprint density at radius 1 is 1.28 bits per heavy atom. The number of carbonyl (C=O) groups excluding carboxylic acids is 1. The highest BCUT2D eigenvalue weighted by molar-refractivity contribution is 14.0. The molecule has 1 aromatic carbocycles. The van der Waals surface area contributed by atoms with Crippen LogP contribution in [0.25, 0.3) is 0 Å². The van der Waals surface area contributed by atoms with Crippen molar-refractivity contribution in [2.24, 2.45) is 10.7 Å². The Labute approximate surface area is 170 Å². The van der Waals surface area contributed by atoms with Gasteiger partial charge in [0.1, 0.15) is 0 Å². The topological polar surface area (TPSA) is 79.5 Å². The van der Waals surface area contributed by atoms with Crippen molar-refractivity contribution in [3.63, 3.8) is 0 Å². The zero-order valence-electron chi connectivity index (χ0n) is 14.5. The number of rotatable bonds is 7. The van der Waals surface area contributed by atoms with Crippen molar-refractivity contribution in [1.29, 1.82) is 0 Å². The molecule has 2 rings (SSSR count). The van der Waals surface area contributed by atoms with E-state index in [-0.39, 0.29) is 24.0 Å². The van der Waals surface area contributed by atoms with Crippen molar-refractivity contribution in [2.75, 3.05) is 13.1 Å². The van der Waals surface area contributed by atoms with E-state index in [1.54, 1.807) is 23.5 Å². The quantitative estimate of drug-likeness (QED) is 0.329. The van der Waals surface area contributed by atoms with E-state index in [0.29, 0.717) is 18.0 Å². The van der Waals surface area contributed by atoms with Crippen LogP contribution in [-0.4, -0.2) is 25.0 Å². The van der Waals surface area contributed by atoms with Crippen molar-refractivity contribution in [3.8, 4) is 0 Å². The highest BCUT2D eigenvalue weighted by Gasteiger charge is 2.07. The molecule has 0 spiro atoms. The molecule has 0 aliphatic heterocycles. The van der Waals surface area contributed by atoms with Gasteiger partial charge in [0.25, 0.3) is 0 Å². The number of amides is 1. The zero-order chi connectivity index (χ0) is 17.4. The summed E-state index contributed by atoms with van der Waals surface area (Å²) in [4.78, 5) is 17.2. The summed E-state index contributed by atoms with van der Waals surface area (Å²) < 4.78 is 0. The molecular formula is C18H25IN4OS. The normalized spacial score (nSPS) is 12.2. The van der Waals surface area contributed by atoms with Crippen LogP contribution in [0.5, 0.6) is 0 Å². The second kappa shape index (κ2) is 11.1. The van der Waals surface area contributed by atoms with Crippen molar-refractivity contribution >= 4 is 47.2 Å². The van der Waals surface area contributed by atoms with Crippen molar-refractivity contribution in [1.82, 2.24) is 10.6 Å². The minimum Gasteiger partial charge on any atom is -0.366 e. The summed E-state index contributed by atoms with van der Waals surface area (Å²) in [5, 5.41) is 8.71. The number of primary amides is 1. The highest BCUT2D eigenvalue weighted by Crippen LogP contribution is 2.19. The van der Waals surface area contributed by atoms with Crippen molar-refractivity contribution in [2.45, 2.75) is 26.3 Å². The Hall–Kier alpha value is -1.61. The number of carbonyl (C=O) groups is 1. The first kappa shape index (κ1) is 21.4. The number of benzene rings is 1. The van der Waals surface area contributed by atoms with Crippen LogP contribution in [0.1, 0.15) is 40.6 Å². The van der Waals surface area contributed by atoms with E-state index in [9.17, 15) is 4.79 Å². The second-order valence-electron chi connectivity index (χ2n) is 5.56. The fraction of sp³-hybridized carbons (Fsp3) is 0.333. The summed E-state index contributed by atoms with van der Waals surface area (Å²) in [5.74, 6) is 0.771. The van der Waals surface area contributed by atoms with Crippen LogP contribution in [0.4, 0.5) is 0 Å². The minimum absolute atomic E-state index is 0. The molecule has 1 unspecified atom stereocenters. The highest BCUT2D eigenvalue weighted by atomic mass is 127. The third kappa shape index (κ3) is 7.03. The van der Waals surface area contributed by atoms with Gasteiger partial charge < -0.3 is 16.4 Å². The summed E-state index contributed by atoms with van der Waals surface area (Å²) in [7, 11) is 0. The summed E-state index contributed by atoms with van der Waals surface area (Å²) in [5.41, 5.74) is 6.78. The van der Waals surface area contributed by atoms with E-state index in [2.05, 4.69) is 40.1 Å². The number of thiophene rings is 1. The second-order valence-corrected chi connectivity index (χ2v) is 6.54. The summed E-state index contributed by atoms with van der Waals surface area (Å²) in [6, 6.07) is 11.5. The Balaban J connectivity index is 0.00000312. The molecule has 1 atom stereocenters. The number of nitrogens with one attached hydrogen (secondary N) is 2. The third-order valence-corrected chi connectivity index (χ3v) is 4.68. The van der Waals surface area contributed by atoms with Gasteiger partial charge in [-0.1, -0.05) is 25.1 Å². The number of nitrogens with zero attached hydrogens (tertiary/aromatic N) is 1. The molecule has 1 amide bonds. The molecular weight excluding hydrogens is 447 g/mol. The lowest BCUT2D eigenvalue weighted by Gasteiger charge is -2.15. The molecule has 25 heavy (non-hydrogen) atoms. The molecule has 0 aliphatic carbocycles. The fourth-order valence-electron chi connectivity index (χ4n) is 2.26. The largest absolute Gasteiger partial charge is 0.366 e. The van der Waals surface area contributed by atoms with E-state index >= 15 is 0 Å². The van der Waals surface area contributed by atoms with Crippen LogP contribution in [0.3, 0.4) is 0 Å². The van der Waals surface area contributed by atoms with E-state index in [1.807, 2.05) is 19.1 Å². The molecule has 0 saturated carbocycles. The average Bonchev–Trinajstić information content (AvgIpc) is 3.12. The number of halogens is 1. The van der Waals surface area contributed by atoms with Gasteiger partial charge in [-0.3, -0.25) is 4.79 Å². The van der Waals surface area contributed by atoms with Gasteiger partial charge >= 0.3 is 0 Å². The zero-order valence-corrected chi connectivity index (χ0v) is 17.6. The molecule has 0 saturated heterocycles. The first-order valence-electron chi connectivity index (χ1n) is 8.04. The number of hydrogen-bond donors (Lipinski definition) is 3. The SMILES string of the molecule is CCNC(=NCc1cccc(C(N)=O)c1)NCC(C)c1cccs1.I. The predicted molar refractivity (Wildman–Crippen MR) is 116 cm³/mol. The molecule has 0 fully saturated rings. The summed E-state index contributed by atoms with van der Waals surface area (Å²) in [6.45, 7) is 6.32. The Morgan fingerprint density at radius 3 is 2.72 bits per heavy atom. The maximum atomic E-state index is 11.2. The summed E-state index contributed by atoms with van der Waals surface area (Å²) in [6.07, 6.45) is 0. The molecule has 1 aromatic heterocycles. The molecule has 2 aromatic rings. The Morgan fingerprint density at radius 2 is 2.08 bits per heavy atom. The third-order valence-electron chi connectivity index (χ3n) is 3.58. The molecule has 0 aliphatic rings. The van der Waals surface area contributed by atoms with Crippen molar-refractivity contribution in [3.05, 3.63) is 57.8 Å². The van der Waals surface area contributed by atoms with Gasteiger partial charge in [0, 0.05) is 29.4 Å². The number of hydrogen-bond acceptors (Lipinski definition) is 3. The maximum Gasteiger partial charge on any atom is 0.248 e. The van der Waals surface area contributed by atoms with Gasteiger partial charge in [-0.2, -0.15) is 0 Å². The van der Waals surface area contributed by atoms with E-state index in [1.165, 1.54) is 4.88 Å². The fourth-order valence-corrected chi connectivity index (χ4v) is 3.04. The van der Waals surface area contributed by atoms with Crippen LogP contribution in [0, 0.1) is 0 Å². The van der Waals surface area contributed by atoms with Gasteiger partial charge in [-0.15, -0.1) is 35.3 Å². The first-order valence-corrected chi connectivity index (χ1v) is 8.92. The molecule has 0 bridgehead atoms. The lowest BCUT2D eigenvalue weighted by Crippen LogP contribution is -2.39. The van der Waals surface area contributed by atoms with Gasteiger partial charge in [0.15, 0.2) is 5.96 Å². The molecule has 4 N–H and O–H groups in total. The lowest BCUT2D eigenvalue weighted by molar-refractivity contribution is 0.1000. The van der Waals surface area contributed by atoms with Gasteiger partial charge in [0.05, 0.1) is 6.54 Å². The minimum atomic E-state index is -0.421. The number of guanidine groups is 1. The maximum absolute atomic E-state index is 11.2. The lowest BCUT2D eigenvalue weighted by atomic mass is 10.1. The Bertz CT molecular complexity index is 688. The van der Waals surface area contributed by atoms with Crippen LogP contribution in [0.15, 0.2) is 46.8 Å². The van der Waals surface area contributed by atoms with Crippen LogP contribution in [-0.2, 0) is 6.54 Å². The van der Waals surface area contributed by atoms with Gasteiger partial charge in [-0.05, 0) is 36.1 Å². The van der Waals surface area contributed by atoms with Crippen molar-refractivity contribution < 1.29 is 4.79 Å². The van der Waals surface area contributed by atoms with Gasteiger partial charge in [-0.25, -0.2) is 4.99 Å². The van der Waals surface area contributed by atoms with E-state index < -0.39 is 5.91 Å². The van der Waals surface area contributed by atoms with Crippen LogP contribution < -0.4 is 16.4 Å². The molecule has 1 heterocycles. The number of nitrogens with two attached hydrogens (primary N) is 1. The van der Waals surface area contributed by atoms with Crippen LogP contribution >= 0.6 is 35.3 Å².